The molecule has 0 bridgehead atoms. The lowest BCUT2D eigenvalue weighted by Gasteiger charge is -2.18. The SMILES string of the molecule is C[C@H](NC(=O)COC(=O)C1=Cc2ccccc2OC1)c1cccc2ccccc12. The van der Waals surface area contributed by atoms with E-state index in [1.165, 1.54) is 0 Å². The molecule has 1 atom stereocenters. The zero-order valence-electron chi connectivity index (χ0n) is 16.1. The first-order valence-electron chi connectivity index (χ1n) is 9.48. The van der Waals surface area contributed by atoms with Crippen LogP contribution in [0, 0.1) is 0 Å². The zero-order chi connectivity index (χ0) is 20.2. The van der Waals surface area contributed by atoms with E-state index in [0.717, 1.165) is 27.6 Å². The van der Waals surface area contributed by atoms with Crippen molar-refractivity contribution in [1.29, 1.82) is 0 Å². The minimum atomic E-state index is -0.549. The number of amides is 1. The number of esters is 1. The van der Waals surface area contributed by atoms with Gasteiger partial charge in [-0.05, 0) is 35.4 Å². The summed E-state index contributed by atoms with van der Waals surface area (Å²) in [7, 11) is 0. The molecule has 4 rings (SSSR count). The molecule has 1 heterocycles. The molecule has 0 aliphatic carbocycles. The molecule has 0 aromatic heterocycles. The molecule has 1 aliphatic rings. The van der Waals surface area contributed by atoms with E-state index in [1.807, 2.05) is 73.7 Å². The highest BCUT2D eigenvalue weighted by Crippen LogP contribution is 2.26. The Balaban J connectivity index is 1.36. The average Bonchev–Trinajstić information content (AvgIpc) is 2.76. The second-order valence-corrected chi connectivity index (χ2v) is 6.93. The number of para-hydroxylation sites is 1. The third kappa shape index (κ3) is 4.14. The number of carbonyl (C=O) groups excluding carboxylic acids is 2. The number of fused-ring (bicyclic) bond motifs is 2. The molecule has 29 heavy (non-hydrogen) atoms. The molecule has 0 radical (unpaired) electrons. The predicted molar refractivity (Wildman–Crippen MR) is 111 cm³/mol. The minimum absolute atomic E-state index is 0.129. The van der Waals surface area contributed by atoms with Crippen LogP contribution >= 0.6 is 0 Å². The van der Waals surface area contributed by atoms with E-state index in [1.54, 1.807) is 6.08 Å². The monoisotopic (exact) mass is 387 g/mol. The van der Waals surface area contributed by atoms with Gasteiger partial charge >= 0.3 is 5.97 Å². The summed E-state index contributed by atoms with van der Waals surface area (Å²) in [6, 6.07) is 21.2. The molecule has 1 aliphatic heterocycles. The number of nitrogens with one attached hydrogen (secondary N) is 1. The van der Waals surface area contributed by atoms with E-state index < -0.39 is 5.97 Å². The molecular weight excluding hydrogens is 366 g/mol. The van der Waals surface area contributed by atoms with Crippen LogP contribution in [0.2, 0.25) is 0 Å². The Kier molecular flexibility index (Phi) is 5.29. The Morgan fingerprint density at radius 3 is 2.69 bits per heavy atom. The van der Waals surface area contributed by atoms with E-state index in [0.29, 0.717) is 5.57 Å². The lowest BCUT2D eigenvalue weighted by Crippen LogP contribution is -2.31. The van der Waals surface area contributed by atoms with Gasteiger partial charge in [0, 0.05) is 5.56 Å². The molecule has 0 saturated heterocycles. The maximum absolute atomic E-state index is 12.3. The molecule has 0 saturated carbocycles. The Labute approximate surface area is 168 Å². The first-order valence-corrected chi connectivity index (χ1v) is 9.48. The summed E-state index contributed by atoms with van der Waals surface area (Å²) in [6.07, 6.45) is 1.73. The van der Waals surface area contributed by atoms with Gasteiger partial charge < -0.3 is 14.8 Å². The molecule has 0 fully saturated rings. The van der Waals surface area contributed by atoms with E-state index in [9.17, 15) is 9.59 Å². The number of carbonyl (C=O) groups is 2. The van der Waals surface area contributed by atoms with Crippen LogP contribution in [0.3, 0.4) is 0 Å². The standard InChI is InChI=1S/C24H21NO4/c1-16(20-11-6-9-17-7-2-4-10-21(17)20)25-23(26)15-29-24(27)19-13-18-8-3-5-12-22(18)28-14-19/h2-13,16H,14-15H2,1H3,(H,25,26)/t16-/m0/s1. The summed E-state index contributed by atoms with van der Waals surface area (Å²) in [4.78, 5) is 24.6. The average molecular weight is 387 g/mol. The summed E-state index contributed by atoms with van der Waals surface area (Å²) in [6.45, 7) is 1.70. The van der Waals surface area contributed by atoms with Crippen LogP contribution in [0.25, 0.3) is 16.8 Å². The summed E-state index contributed by atoms with van der Waals surface area (Å²) in [5.41, 5.74) is 2.22. The molecule has 0 spiro atoms. The zero-order valence-corrected chi connectivity index (χ0v) is 16.1. The predicted octanol–water partition coefficient (Wildman–Crippen LogP) is 4.04. The topological polar surface area (TPSA) is 64.6 Å². The van der Waals surface area contributed by atoms with Crippen molar-refractivity contribution in [1.82, 2.24) is 5.32 Å². The van der Waals surface area contributed by atoms with Crippen molar-refractivity contribution in [3.63, 3.8) is 0 Å². The van der Waals surface area contributed by atoms with Crippen LogP contribution in [-0.4, -0.2) is 25.1 Å². The maximum Gasteiger partial charge on any atom is 0.338 e. The van der Waals surface area contributed by atoms with Gasteiger partial charge in [0.15, 0.2) is 6.61 Å². The fourth-order valence-electron chi connectivity index (χ4n) is 3.45. The third-order valence-electron chi connectivity index (χ3n) is 4.90. The van der Waals surface area contributed by atoms with Crippen molar-refractivity contribution in [3.8, 4) is 5.75 Å². The van der Waals surface area contributed by atoms with Gasteiger partial charge in [-0.15, -0.1) is 0 Å². The van der Waals surface area contributed by atoms with Crippen LogP contribution in [0.1, 0.15) is 24.1 Å². The second-order valence-electron chi connectivity index (χ2n) is 6.93. The quantitative estimate of drug-likeness (QED) is 0.671. The van der Waals surface area contributed by atoms with Gasteiger partial charge in [0.1, 0.15) is 12.4 Å². The highest BCUT2D eigenvalue weighted by atomic mass is 16.5. The van der Waals surface area contributed by atoms with Gasteiger partial charge in [-0.3, -0.25) is 4.79 Å². The highest BCUT2D eigenvalue weighted by Gasteiger charge is 2.20. The van der Waals surface area contributed by atoms with Crippen molar-refractivity contribution >= 4 is 28.7 Å². The minimum Gasteiger partial charge on any atom is -0.488 e. The van der Waals surface area contributed by atoms with Crippen LogP contribution in [0.15, 0.2) is 72.3 Å². The Bertz CT molecular complexity index is 1100. The molecule has 0 unspecified atom stereocenters. The van der Waals surface area contributed by atoms with Gasteiger partial charge in [-0.1, -0.05) is 60.7 Å². The summed E-state index contributed by atoms with van der Waals surface area (Å²) >= 11 is 0. The fraction of sp³-hybridized carbons (Fsp3) is 0.167. The maximum atomic E-state index is 12.3. The Morgan fingerprint density at radius 1 is 1.03 bits per heavy atom. The van der Waals surface area contributed by atoms with E-state index >= 15 is 0 Å². The summed E-state index contributed by atoms with van der Waals surface area (Å²) in [5, 5.41) is 5.09. The fourth-order valence-corrected chi connectivity index (χ4v) is 3.45. The summed E-state index contributed by atoms with van der Waals surface area (Å²) in [5.74, 6) is -0.172. The van der Waals surface area contributed by atoms with Gasteiger partial charge in [-0.25, -0.2) is 4.79 Å². The number of hydrogen-bond acceptors (Lipinski definition) is 4. The largest absolute Gasteiger partial charge is 0.488 e. The van der Waals surface area contributed by atoms with Crippen LogP contribution in [0.5, 0.6) is 5.75 Å². The van der Waals surface area contributed by atoms with Crippen molar-refractivity contribution < 1.29 is 19.1 Å². The number of ether oxygens (including phenoxy) is 2. The lowest BCUT2D eigenvalue weighted by molar-refractivity contribution is -0.145. The molecular formula is C24H21NO4. The molecule has 5 heteroatoms. The Hall–Kier alpha value is -3.60. The van der Waals surface area contributed by atoms with Gasteiger partial charge in [0.25, 0.3) is 5.91 Å². The van der Waals surface area contributed by atoms with Gasteiger partial charge in [0.05, 0.1) is 11.6 Å². The van der Waals surface area contributed by atoms with E-state index in [4.69, 9.17) is 9.47 Å². The van der Waals surface area contributed by atoms with Gasteiger partial charge in [-0.2, -0.15) is 0 Å². The van der Waals surface area contributed by atoms with E-state index in [-0.39, 0.29) is 25.2 Å². The van der Waals surface area contributed by atoms with Crippen molar-refractivity contribution in [2.24, 2.45) is 0 Å². The smallest absolute Gasteiger partial charge is 0.338 e. The molecule has 5 nitrogen and oxygen atoms in total. The van der Waals surface area contributed by atoms with Crippen molar-refractivity contribution in [3.05, 3.63) is 83.4 Å². The normalized spacial score (nSPS) is 13.6. The molecule has 1 N–H and O–H groups in total. The molecule has 3 aromatic carbocycles. The molecule has 146 valence electrons. The highest BCUT2D eigenvalue weighted by molar-refractivity contribution is 5.96. The lowest BCUT2D eigenvalue weighted by atomic mass is 10.00. The molecule has 1 amide bonds. The van der Waals surface area contributed by atoms with Crippen LogP contribution in [0.4, 0.5) is 0 Å². The Morgan fingerprint density at radius 2 is 1.79 bits per heavy atom. The van der Waals surface area contributed by atoms with Crippen LogP contribution in [-0.2, 0) is 14.3 Å². The number of hydrogen-bond donors (Lipinski definition) is 1. The third-order valence-corrected chi connectivity index (χ3v) is 4.90. The van der Waals surface area contributed by atoms with E-state index in [2.05, 4.69) is 5.32 Å². The molecule has 3 aromatic rings. The van der Waals surface area contributed by atoms with Gasteiger partial charge in [0.2, 0.25) is 0 Å². The number of rotatable bonds is 5. The van der Waals surface area contributed by atoms with Crippen molar-refractivity contribution in [2.45, 2.75) is 13.0 Å². The summed E-state index contributed by atoms with van der Waals surface area (Å²) < 4.78 is 10.7. The first-order chi connectivity index (χ1) is 14.1. The van der Waals surface area contributed by atoms with Crippen molar-refractivity contribution in [2.75, 3.05) is 13.2 Å². The second kappa shape index (κ2) is 8.19. The van der Waals surface area contributed by atoms with Crippen LogP contribution < -0.4 is 10.1 Å². The first kappa shape index (κ1) is 18.7. The number of benzene rings is 3.